The van der Waals surface area contributed by atoms with Gasteiger partial charge in [-0.2, -0.15) is 0 Å². The Hall–Kier alpha value is 0.390. The van der Waals surface area contributed by atoms with Gasteiger partial charge in [0.15, 0.2) is 0 Å². The van der Waals surface area contributed by atoms with Gasteiger partial charge in [-0.3, -0.25) is 0 Å². The maximum absolute atomic E-state index is 5.21. The van der Waals surface area contributed by atoms with Gasteiger partial charge in [-0.1, -0.05) is 0 Å². The summed E-state index contributed by atoms with van der Waals surface area (Å²) in [7, 11) is 0. The molecule has 0 spiro atoms. The summed E-state index contributed by atoms with van der Waals surface area (Å²) in [6.45, 7) is 5.38. The molecule has 0 saturated carbocycles. The summed E-state index contributed by atoms with van der Waals surface area (Å²) in [4.78, 5) is 0. The summed E-state index contributed by atoms with van der Waals surface area (Å²) in [5, 5.41) is 0. The second-order valence-corrected chi connectivity index (χ2v) is 9.68. The molecule has 38 valence electrons. The van der Waals surface area contributed by atoms with Gasteiger partial charge in [0, 0.05) is 0 Å². The summed E-state index contributed by atoms with van der Waals surface area (Å²) >= 11 is 0. The summed E-state index contributed by atoms with van der Waals surface area (Å²) in [5.74, 6) is 0. The molecular formula is C4H11OP. The summed E-state index contributed by atoms with van der Waals surface area (Å²) in [5.41, 5.74) is 0. The molecule has 1 heterocycles. The first-order chi connectivity index (χ1) is 2.47. The van der Waals surface area contributed by atoms with Crippen molar-refractivity contribution in [3.63, 3.8) is 0 Å². The Morgan fingerprint density at radius 3 is 1.50 bits per heavy atom. The Kier molecular flexibility index (Phi) is 0.513. The van der Waals surface area contributed by atoms with E-state index in [0.717, 1.165) is 6.35 Å². The van der Waals surface area contributed by atoms with Crippen molar-refractivity contribution in [2.45, 2.75) is 0 Å². The van der Waals surface area contributed by atoms with Crippen LogP contribution in [0.5, 0.6) is 0 Å². The van der Waals surface area contributed by atoms with Crippen molar-refractivity contribution < 1.29 is 4.52 Å². The molecule has 2 heteroatoms. The fraction of sp³-hybridized carbons (Fsp3) is 1.00. The fourth-order valence-corrected chi connectivity index (χ4v) is 1.56. The fourth-order valence-electron chi connectivity index (χ4n) is 0.173. The van der Waals surface area contributed by atoms with Crippen LogP contribution in [0.2, 0.25) is 0 Å². The van der Waals surface area contributed by atoms with Gasteiger partial charge < -0.3 is 0 Å². The Balaban J connectivity index is 2.67. The summed E-state index contributed by atoms with van der Waals surface area (Å²) in [6.07, 6.45) is 1.05. The van der Waals surface area contributed by atoms with E-state index in [2.05, 4.69) is 20.0 Å². The molecule has 0 aromatic rings. The minimum absolute atomic E-state index is 1.05. The zero-order valence-electron chi connectivity index (χ0n) is 4.56. The standard InChI is InChI=1S/C4H11OP/c1-6(2,3)4-5-6/h4H2,1-3H3. The van der Waals surface area contributed by atoms with Crippen LogP contribution in [0.25, 0.3) is 0 Å². The van der Waals surface area contributed by atoms with Crippen molar-refractivity contribution in [2.24, 2.45) is 0 Å². The van der Waals surface area contributed by atoms with E-state index < -0.39 is 6.83 Å². The Labute approximate surface area is 38.7 Å². The molecule has 1 aliphatic rings. The van der Waals surface area contributed by atoms with Gasteiger partial charge in [-0.05, 0) is 0 Å². The first-order valence-corrected chi connectivity index (χ1v) is 5.81. The molecule has 1 fully saturated rings. The molecule has 1 nitrogen and oxygen atoms in total. The molecule has 0 aliphatic carbocycles. The first-order valence-electron chi connectivity index (χ1n) is 2.13. The van der Waals surface area contributed by atoms with Crippen LogP contribution in [0.3, 0.4) is 0 Å². The number of hydrogen-bond acceptors (Lipinski definition) is 1. The van der Waals surface area contributed by atoms with E-state index in [1.54, 1.807) is 0 Å². The topological polar surface area (TPSA) is 12.5 Å². The molecule has 1 saturated heterocycles. The molecule has 6 heavy (non-hydrogen) atoms. The van der Waals surface area contributed by atoms with Crippen LogP contribution in [0.4, 0.5) is 0 Å². The summed E-state index contributed by atoms with van der Waals surface area (Å²) < 4.78 is 5.21. The predicted molar refractivity (Wildman–Crippen MR) is 30.6 cm³/mol. The molecule has 0 amide bonds. The van der Waals surface area contributed by atoms with Crippen molar-refractivity contribution in [3.8, 4) is 0 Å². The van der Waals surface area contributed by atoms with Crippen LogP contribution >= 0.6 is 6.83 Å². The van der Waals surface area contributed by atoms with E-state index in [0.29, 0.717) is 0 Å². The maximum atomic E-state index is 5.21. The van der Waals surface area contributed by atoms with E-state index in [4.69, 9.17) is 4.52 Å². The van der Waals surface area contributed by atoms with Crippen molar-refractivity contribution in [2.75, 3.05) is 26.3 Å². The van der Waals surface area contributed by atoms with Crippen molar-refractivity contribution >= 4 is 6.83 Å². The minimum atomic E-state index is -1.30. The zero-order chi connectivity index (χ0) is 4.86. The Bertz CT molecular complexity index is 71.3. The van der Waals surface area contributed by atoms with Crippen LogP contribution in [0.1, 0.15) is 0 Å². The Morgan fingerprint density at radius 2 is 1.50 bits per heavy atom. The van der Waals surface area contributed by atoms with Gasteiger partial charge in [0.1, 0.15) is 0 Å². The van der Waals surface area contributed by atoms with Crippen molar-refractivity contribution in [3.05, 3.63) is 0 Å². The average molecular weight is 106 g/mol. The second kappa shape index (κ2) is 0.677. The van der Waals surface area contributed by atoms with E-state index in [-0.39, 0.29) is 0 Å². The summed E-state index contributed by atoms with van der Waals surface area (Å²) in [6, 6.07) is 0. The zero-order valence-corrected chi connectivity index (χ0v) is 5.46. The molecule has 1 rings (SSSR count). The van der Waals surface area contributed by atoms with Crippen molar-refractivity contribution in [1.29, 1.82) is 0 Å². The van der Waals surface area contributed by atoms with Crippen LogP contribution in [0, 0.1) is 0 Å². The number of hydrogen-bond donors (Lipinski definition) is 0. The van der Waals surface area contributed by atoms with Crippen LogP contribution in [-0.4, -0.2) is 26.3 Å². The molecule has 0 aromatic heterocycles. The molecule has 0 atom stereocenters. The second-order valence-electron chi connectivity index (χ2n) is 3.23. The SMILES string of the molecule is CP1(C)(C)CO1. The number of rotatable bonds is 0. The van der Waals surface area contributed by atoms with Crippen LogP contribution < -0.4 is 0 Å². The third-order valence-corrected chi connectivity index (χ3v) is 2.71. The van der Waals surface area contributed by atoms with Gasteiger partial charge in [0.25, 0.3) is 0 Å². The van der Waals surface area contributed by atoms with E-state index in [1.807, 2.05) is 0 Å². The van der Waals surface area contributed by atoms with E-state index in [1.165, 1.54) is 0 Å². The van der Waals surface area contributed by atoms with E-state index in [9.17, 15) is 0 Å². The quantitative estimate of drug-likeness (QED) is 0.335. The van der Waals surface area contributed by atoms with Crippen LogP contribution in [-0.2, 0) is 4.52 Å². The van der Waals surface area contributed by atoms with E-state index >= 15 is 0 Å². The van der Waals surface area contributed by atoms with Gasteiger partial charge in [-0.25, -0.2) is 0 Å². The molecular weight excluding hydrogens is 95.0 g/mol. The van der Waals surface area contributed by atoms with Gasteiger partial charge in [0.05, 0.1) is 0 Å². The normalized spacial score (nSPS) is 42.8. The van der Waals surface area contributed by atoms with Crippen LogP contribution in [0.15, 0.2) is 0 Å². The third-order valence-electron chi connectivity index (χ3n) is 0.904. The first kappa shape index (κ1) is 4.55. The third kappa shape index (κ3) is 0.924. The Morgan fingerprint density at radius 1 is 1.33 bits per heavy atom. The van der Waals surface area contributed by atoms with Gasteiger partial charge >= 0.3 is 37.7 Å². The molecule has 0 unspecified atom stereocenters. The van der Waals surface area contributed by atoms with Gasteiger partial charge in [0.2, 0.25) is 0 Å². The molecule has 1 aliphatic heterocycles. The van der Waals surface area contributed by atoms with Gasteiger partial charge in [-0.15, -0.1) is 0 Å². The molecule has 0 N–H and O–H groups in total. The molecule has 0 radical (unpaired) electrons. The molecule has 0 aromatic carbocycles. The predicted octanol–water partition coefficient (Wildman–Crippen LogP) is 1.33. The average Bonchev–Trinajstić information content (AvgIpc) is 1.73. The molecule has 0 bridgehead atoms. The monoisotopic (exact) mass is 106 g/mol. The van der Waals surface area contributed by atoms with Crippen molar-refractivity contribution in [1.82, 2.24) is 0 Å².